The molecule has 1 N–H and O–H groups in total. The Morgan fingerprint density at radius 1 is 1.19 bits per heavy atom. The van der Waals surface area contributed by atoms with Crippen molar-refractivity contribution in [1.82, 2.24) is 0 Å². The molecule has 2 aromatic rings. The third kappa shape index (κ3) is 4.21. The molecule has 1 unspecified atom stereocenters. The molecule has 3 rings (SSSR count). The first-order valence-electron chi connectivity index (χ1n) is 8.30. The first kappa shape index (κ1) is 18.0. The molecule has 26 heavy (non-hydrogen) atoms. The Kier molecular flexibility index (Phi) is 5.24. The van der Waals surface area contributed by atoms with Gasteiger partial charge in [-0.3, -0.25) is 4.79 Å². The van der Waals surface area contributed by atoms with Crippen LogP contribution in [-0.4, -0.2) is 38.4 Å². The number of hydrogen-bond donors (Lipinski definition) is 1. The molecule has 1 amide bonds. The standard InChI is InChI=1S/C19H19N3O3S/c20-12-15-5-4-6-16(11-15)21-13-19(23)22(17-7-2-1-3-8-17)18-9-10-26(24,25)14-18/h1-8,11,18,21H,9-10,13-14H2. The minimum absolute atomic E-state index is 0.0142. The maximum Gasteiger partial charge on any atom is 0.246 e. The fraction of sp³-hybridized carbons (Fsp3) is 0.263. The molecule has 1 saturated heterocycles. The summed E-state index contributed by atoms with van der Waals surface area (Å²) in [5.41, 5.74) is 1.86. The number of anilines is 2. The predicted molar refractivity (Wildman–Crippen MR) is 101 cm³/mol. The predicted octanol–water partition coefficient (Wildman–Crippen LogP) is 2.19. The molecular formula is C19H19N3O3S. The molecule has 0 aliphatic carbocycles. The molecule has 1 atom stereocenters. The van der Waals surface area contributed by atoms with E-state index >= 15 is 0 Å². The van der Waals surface area contributed by atoms with Crippen molar-refractivity contribution in [2.24, 2.45) is 0 Å². The van der Waals surface area contributed by atoms with E-state index in [1.807, 2.05) is 18.2 Å². The Bertz CT molecular complexity index is 936. The Morgan fingerprint density at radius 3 is 2.62 bits per heavy atom. The van der Waals surface area contributed by atoms with E-state index in [0.29, 0.717) is 23.4 Å². The van der Waals surface area contributed by atoms with Crippen molar-refractivity contribution < 1.29 is 13.2 Å². The summed E-state index contributed by atoms with van der Waals surface area (Å²) in [5, 5.41) is 12.0. The van der Waals surface area contributed by atoms with Crippen LogP contribution >= 0.6 is 0 Å². The molecule has 6 nitrogen and oxygen atoms in total. The van der Waals surface area contributed by atoms with Crippen LogP contribution in [0.1, 0.15) is 12.0 Å². The van der Waals surface area contributed by atoms with Gasteiger partial charge in [-0.05, 0) is 36.8 Å². The average molecular weight is 369 g/mol. The maximum absolute atomic E-state index is 12.9. The summed E-state index contributed by atoms with van der Waals surface area (Å²) >= 11 is 0. The highest BCUT2D eigenvalue weighted by molar-refractivity contribution is 7.91. The van der Waals surface area contributed by atoms with Gasteiger partial charge in [-0.1, -0.05) is 24.3 Å². The fourth-order valence-electron chi connectivity index (χ4n) is 3.09. The maximum atomic E-state index is 12.9. The van der Waals surface area contributed by atoms with Crippen LogP contribution < -0.4 is 10.2 Å². The number of benzene rings is 2. The average Bonchev–Trinajstić information content (AvgIpc) is 3.00. The van der Waals surface area contributed by atoms with Crippen molar-refractivity contribution in [3.8, 4) is 6.07 Å². The molecular weight excluding hydrogens is 350 g/mol. The number of carbonyl (C=O) groups excluding carboxylic acids is 1. The Labute approximate surface area is 153 Å². The fourth-order valence-corrected chi connectivity index (χ4v) is 4.79. The molecule has 1 heterocycles. The normalized spacial score (nSPS) is 18.0. The van der Waals surface area contributed by atoms with Gasteiger partial charge in [0.2, 0.25) is 5.91 Å². The van der Waals surface area contributed by atoms with Gasteiger partial charge in [0.25, 0.3) is 0 Å². The number of hydrogen-bond acceptors (Lipinski definition) is 5. The molecule has 0 aromatic heterocycles. The number of carbonyl (C=O) groups is 1. The first-order chi connectivity index (χ1) is 12.5. The molecule has 1 aliphatic rings. The van der Waals surface area contributed by atoms with E-state index in [2.05, 4.69) is 11.4 Å². The topological polar surface area (TPSA) is 90.3 Å². The van der Waals surface area contributed by atoms with Crippen LogP contribution in [0.5, 0.6) is 0 Å². The molecule has 1 aliphatic heterocycles. The van der Waals surface area contributed by atoms with E-state index in [1.165, 1.54) is 0 Å². The van der Waals surface area contributed by atoms with Crippen molar-refractivity contribution in [2.45, 2.75) is 12.5 Å². The Balaban J connectivity index is 1.78. The van der Waals surface area contributed by atoms with Gasteiger partial charge in [-0.2, -0.15) is 5.26 Å². The smallest absolute Gasteiger partial charge is 0.246 e. The molecule has 0 saturated carbocycles. The minimum Gasteiger partial charge on any atom is -0.376 e. The lowest BCUT2D eigenvalue weighted by atomic mass is 10.1. The summed E-state index contributed by atoms with van der Waals surface area (Å²) in [5.74, 6) is -0.121. The van der Waals surface area contributed by atoms with Gasteiger partial charge in [0.05, 0.1) is 35.7 Å². The zero-order chi connectivity index (χ0) is 18.6. The van der Waals surface area contributed by atoms with Gasteiger partial charge in [0.15, 0.2) is 9.84 Å². The molecule has 1 fully saturated rings. The SMILES string of the molecule is N#Cc1cccc(NCC(=O)N(c2ccccc2)C2CCS(=O)(=O)C2)c1. The van der Waals surface area contributed by atoms with E-state index in [0.717, 1.165) is 0 Å². The Morgan fingerprint density at radius 2 is 1.96 bits per heavy atom. The molecule has 0 radical (unpaired) electrons. The molecule has 0 bridgehead atoms. The number of nitriles is 1. The van der Waals surface area contributed by atoms with E-state index in [-0.39, 0.29) is 30.0 Å². The zero-order valence-electron chi connectivity index (χ0n) is 14.1. The highest BCUT2D eigenvalue weighted by Gasteiger charge is 2.35. The van der Waals surface area contributed by atoms with E-state index < -0.39 is 9.84 Å². The first-order valence-corrected chi connectivity index (χ1v) is 10.1. The lowest BCUT2D eigenvalue weighted by Crippen LogP contribution is -2.44. The van der Waals surface area contributed by atoms with Crippen molar-refractivity contribution in [1.29, 1.82) is 5.26 Å². The van der Waals surface area contributed by atoms with E-state index in [9.17, 15) is 13.2 Å². The van der Waals surface area contributed by atoms with Crippen LogP contribution in [0.25, 0.3) is 0 Å². The second-order valence-corrected chi connectivity index (χ2v) is 8.43. The Hall–Kier alpha value is -2.85. The number of sulfone groups is 1. The lowest BCUT2D eigenvalue weighted by Gasteiger charge is -2.28. The minimum atomic E-state index is -3.11. The number of nitrogens with zero attached hydrogens (tertiary/aromatic N) is 2. The lowest BCUT2D eigenvalue weighted by molar-refractivity contribution is -0.117. The van der Waals surface area contributed by atoms with Gasteiger partial charge in [0, 0.05) is 11.4 Å². The van der Waals surface area contributed by atoms with Crippen LogP contribution in [0.2, 0.25) is 0 Å². The number of nitrogens with one attached hydrogen (secondary N) is 1. The zero-order valence-corrected chi connectivity index (χ0v) is 14.9. The highest BCUT2D eigenvalue weighted by atomic mass is 32.2. The third-order valence-electron chi connectivity index (χ3n) is 4.31. The molecule has 2 aromatic carbocycles. The van der Waals surface area contributed by atoms with Crippen LogP contribution in [0.15, 0.2) is 54.6 Å². The van der Waals surface area contributed by atoms with Crippen molar-refractivity contribution >= 4 is 27.1 Å². The molecule has 7 heteroatoms. The van der Waals surface area contributed by atoms with Crippen molar-refractivity contribution in [3.63, 3.8) is 0 Å². The number of amides is 1. The second kappa shape index (κ2) is 7.58. The molecule has 134 valence electrons. The van der Waals surface area contributed by atoms with Crippen LogP contribution in [0.3, 0.4) is 0 Å². The monoisotopic (exact) mass is 369 g/mol. The number of rotatable bonds is 5. The van der Waals surface area contributed by atoms with E-state index in [4.69, 9.17) is 5.26 Å². The quantitative estimate of drug-likeness (QED) is 0.872. The van der Waals surface area contributed by atoms with Crippen LogP contribution in [-0.2, 0) is 14.6 Å². The highest BCUT2D eigenvalue weighted by Crippen LogP contribution is 2.24. The van der Waals surface area contributed by atoms with Gasteiger partial charge >= 0.3 is 0 Å². The van der Waals surface area contributed by atoms with Crippen molar-refractivity contribution in [2.75, 3.05) is 28.3 Å². The van der Waals surface area contributed by atoms with Gasteiger partial charge in [-0.15, -0.1) is 0 Å². The van der Waals surface area contributed by atoms with Crippen molar-refractivity contribution in [3.05, 3.63) is 60.2 Å². The van der Waals surface area contributed by atoms with Gasteiger partial charge in [-0.25, -0.2) is 8.42 Å². The number of para-hydroxylation sites is 1. The van der Waals surface area contributed by atoms with Gasteiger partial charge < -0.3 is 10.2 Å². The van der Waals surface area contributed by atoms with Crippen LogP contribution in [0, 0.1) is 11.3 Å². The summed E-state index contributed by atoms with van der Waals surface area (Å²) in [6, 6.07) is 17.7. The summed E-state index contributed by atoms with van der Waals surface area (Å²) in [7, 11) is -3.11. The summed E-state index contributed by atoms with van der Waals surface area (Å²) in [6.45, 7) is 0.0142. The largest absolute Gasteiger partial charge is 0.376 e. The third-order valence-corrected chi connectivity index (χ3v) is 6.06. The van der Waals surface area contributed by atoms with E-state index in [1.54, 1.807) is 41.3 Å². The van der Waals surface area contributed by atoms with Crippen LogP contribution in [0.4, 0.5) is 11.4 Å². The summed E-state index contributed by atoms with van der Waals surface area (Å²) in [6.07, 6.45) is 0.437. The summed E-state index contributed by atoms with van der Waals surface area (Å²) < 4.78 is 23.7. The molecule has 0 spiro atoms. The summed E-state index contributed by atoms with van der Waals surface area (Å²) in [4.78, 5) is 14.4. The second-order valence-electron chi connectivity index (χ2n) is 6.20. The van der Waals surface area contributed by atoms with Gasteiger partial charge in [0.1, 0.15) is 0 Å².